The molecule has 1 heterocycles. The molecular formula is C16H24BrFN2. The van der Waals surface area contributed by atoms with Crippen molar-refractivity contribution in [2.75, 3.05) is 13.1 Å². The summed E-state index contributed by atoms with van der Waals surface area (Å²) >= 11 is 3.41. The number of likely N-dealkylation sites (tertiary alicyclic amines) is 1. The monoisotopic (exact) mass is 342 g/mol. The lowest BCUT2D eigenvalue weighted by molar-refractivity contribution is 0.0533. The molecule has 20 heavy (non-hydrogen) atoms. The maximum absolute atomic E-state index is 14.1. The minimum absolute atomic E-state index is 0.192. The molecule has 1 fully saturated rings. The van der Waals surface area contributed by atoms with Gasteiger partial charge in [-0.3, -0.25) is 4.90 Å². The summed E-state index contributed by atoms with van der Waals surface area (Å²) in [6.45, 7) is 6.44. The highest BCUT2D eigenvalue weighted by Crippen LogP contribution is 2.36. The zero-order chi connectivity index (χ0) is 14.8. The van der Waals surface area contributed by atoms with Crippen LogP contribution in [0.4, 0.5) is 4.39 Å². The Balaban J connectivity index is 2.31. The van der Waals surface area contributed by atoms with E-state index in [2.05, 4.69) is 34.7 Å². The van der Waals surface area contributed by atoms with Crippen molar-refractivity contribution in [3.05, 3.63) is 34.1 Å². The van der Waals surface area contributed by atoms with Gasteiger partial charge in [0, 0.05) is 15.6 Å². The van der Waals surface area contributed by atoms with Crippen LogP contribution in [0.1, 0.15) is 51.1 Å². The van der Waals surface area contributed by atoms with Crippen LogP contribution in [-0.4, -0.2) is 23.5 Å². The molecule has 112 valence electrons. The largest absolute Gasteiger partial charge is 0.322 e. The Labute approximate surface area is 129 Å². The summed E-state index contributed by atoms with van der Waals surface area (Å²) in [6.07, 6.45) is 4.63. The van der Waals surface area contributed by atoms with E-state index in [-0.39, 0.29) is 17.4 Å². The van der Waals surface area contributed by atoms with Crippen LogP contribution in [0.5, 0.6) is 0 Å². The van der Waals surface area contributed by atoms with E-state index in [0.717, 1.165) is 24.0 Å². The molecule has 1 aromatic rings. The highest BCUT2D eigenvalue weighted by molar-refractivity contribution is 9.10. The van der Waals surface area contributed by atoms with Gasteiger partial charge >= 0.3 is 0 Å². The fourth-order valence-corrected chi connectivity index (χ4v) is 3.51. The first-order chi connectivity index (χ1) is 9.49. The maximum atomic E-state index is 14.1. The van der Waals surface area contributed by atoms with Crippen LogP contribution >= 0.6 is 15.9 Å². The Bertz CT molecular complexity index is 460. The van der Waals surface area contributed by atoms with E-state index >= 15 is 0 Å². The lowest BCUT2D eigenvalue weighted by Crippen LogP contribution is -2.54. The first-order valence-electron chi connectivity index (χ1n) is 7.44. The quantitative estimate of drug-likeness (QED) is 0.886. The van der Waals surface area contributed by atoms with E-state index < -0.39 is 0 Å². The molecule has 0 saturated carbocycles. The number of benzene rings is 1. The molecule has 0 amide bonds. The molecule has 0 radical (unpaired) electrons. The Hall–Kier alpha value is -0.450. The first kappa shape index (κ1) is 15.9. The van der Waals surface area contributed by atoms with Gasteiger partial charge in [0.1, 0.15) is 5.82 Å². The van der Waals surface area contributed by atoms with Gasteiger partial charge in [-0.25, -0.2) is 4.39 Å². The van der Waals surface area contributed by atoms with E-state index in [1.165, 1.54) is 25.3 Å². The smallest absolute Gasteiger partial charge is 0.128 e. The van der Waals surface area contributed by atoms with Gasteiger partial charge in [-0.2, -0.15) is 0 Å². The molecule has 1 aromatic carbocycles. The third-order valence-corrected chi connectivity index (χ3v) is 5.25. The van der Waals surface area contributed by atoms with Crippen LogP contribution in [0, 0.1) is 5.82 Å². The molecule has 2 unspecified atom stereocenters. The minimum atomic E-state index is -0.317. The van der Waals surface area contributed by atoms with Crippen molar-refractivity contribution >= 4 is 15.9 Å². The zero-order valence-electron chi connectivity index (χ0n) is 12.3. The Morgan fingerprint density at radius 2 is 2.00 bits per heavy atom. The van der Waals surface area contributed by atoms with Gasteiger partial charge in [0.2, 0.25) is 0 Å². The molecule has 0 bridgehead atoms. The second kappa shape index (κ2) is 6.54. The number of hydrogen-bond acceptors (Lipinski definition) is 2. The van der Waals surface area contributed by atoms with Crippen molar-refractivity contribution in [3.8, 4) is 0 Å². The topological polar surface area (TPSA) is 29.3 Å². The number of nitrogens with zero attached hydrogens (tertiary/aromatic N) is 1. The normalized spacial score (nSPS) is 21.4. The molecule has 2 nitrogen and oxygen atoms in total. The van der Waals surface area contributed by atoms with E-state index in [0.29, 0.717) is 5.56 Å². The van der Waals surface area contributed by atoms with Gasteiger partial charge in [-0.05, 0) is 57.5 Å². The molecule has 1 saturated heterocycles. The Morgan fingerprint density at radius 3 is 2.60 bits per heavy atom. The average molecular weight is 343 g/mol. The minimum Gasteiger partial charge on any atom is -0.322 e. The summed E-state index contributed by atoms with van der Waals surface area (Å²) in [4.78, 5) is 2.45. The third-order valence-electron chi connectivity index (χ3n) is 4.76. The lowest BCUT2D eigenvalue weighted by Gasteiger charge is -2.47. The van der Waals surface area contributed by atoms with Gasteiger partial charge in [-0.1, -0.05) is 29.3 Å². The number of rotatable bonds is 4. The SMILES string of the molecule is CCC(C)(C(N)c1cc(Br)ccc1F)N1CCCCC1. The van der Waals surface area contributed by atoms with E-state index in [1.807, 2.05) is 6.07 Å². The predicted octanol–water partition coefficient (Wildman–Crippen LogP) is 4.24. The van der Waals surface area contributed by atoms with Crippen molar-refractivity contribution in [2.24, 2.45) is 5.73 Å². The lowest BCUT2D eigenvalue weighted by atomic mass is 9.82. The van der Waals surface area contributed by atoms with Gasteiger partial charge in [0.25, 0.3) is 0 Å². The molecule has 4 heteroatoms. The van der Waals surface area contributed by atoms with Gasteiger partial charge in [-0.15, -0.1) is 0 Å². The molecule has 0 aromatic heterocycles. The third kappa shape index (κ3) is 3.07. The number of piperidine rings is 1. The molecule has 2 rings (SSSR count). The summed E-state index contributed by atoms with van der Waals surface area (Å²) in [5.41, 5.74) is 6.90. The fraction of sp³-hybridized carbons (Fsp3) is 0.625. The number of halogens is 2. The van der Waals surface area contributed by atoms with Crippen LogP contribution in [0.2, 0.25) is 0 Å². The van der Waals surface area contributed by atoms with E-state index in [1.54, 1.807) is 6.07 Å². The summed E-state index contributed by atoms with van der Waals surface area (Å²) in [5.74, 6) is -0.211. The van der Waals surface area contributed by atoms with Crippen LogP contribution in [0.15, 0.2) is 22.7 Å². The second-order valence-electron chi connectivity index (χ2n) is 5.90. The summed E-state index contributed by atoms with van der Waals surface area (Å²) in [7, 11) is 0. The van der Waals surface area contributed by atoms with Crippen molar-refractivity contribution < 1.29 is 4.39 Å². The molecular weight excluding hydrogens is 319 g/mol. The Morgan fingerprint density at radius 1 is 1.35 bits per heavy atom. The van der Waals surface area contributed by atoms with Crippen LogP contribution in [-0.2, 0) is 0 Å². The van der Waals surface area contributed by atoms with Crippen LogP contribution < -0.4 is 5.73 Å². The fourth-order valence-electron chi connectivity index (χ4n) is 3.13. The zero-order valence-corrected chi connectivity index (χ0v) is 13.9. The molecule has 1 aliphatic heterocycles. The number of nitrogens with two attached hydrogens (primary N) is 1. The van der Waals surface area contributed by atoms with Gasteiger partial charge < -0.3 is 5.73 Å². The van der Waals surface area contributed by atoms with Crippen LogP contribution in [0.3, 0.4) is 0 Å². The molecule has 2 atom stereocenters. The van der Waals surface area contributed by atoms with Crippen molar-refractivity contribution in [1.82, 2.24) is 4.90 Å². The number of hydrogen-bond donors (Lipinski definition) is 1. The summed E-state index contributed by atoms with van der Waals surface area (Å²) in [5, 5.41) is 0. The van der Waals surface area contributed by atoms with E-state index in [9.17, 15) is 4.39 Å². The van der Waals surface area contributed by atoms with Crippen molar-refractivity contribution in [2.45, 2.75) is 51.1 Å². The first-order valence-corrected chi connectivity index (χ1v) is 8.24. The summed E-state index contributed by atoms with van der Waals surface area (Å²) < 4.78 is 15.0. The van der Waals surface area contributed by atoms with Crippen molar-refractivity contribution in [1.29, 1.82) is 0 Å². The molecule has 0 aliphatic carbocycles. The average Bonchev–Trinajstić information content (AvgIpc) is 2.49. The molecule has 2 N–H and O–H groups in total. The summed E-state index contributed by atoms with van der Waals surface area (Å²) in [6, 6.07) is 4.71. The van der Waals surface area contributed by atoms with E-state index in [4.69, 9.17) is 5.73 Å². The second-order valence-corrected chi connectivity index (χ2v) is 6.82. The van der Waals surface area contributed by atoms with Gasteiger partial charge in [0.05, 0.1) is 6.04 Å². The maximum Gasteiger partial charge on any atom is 0.128 e. The standard InChI is InChI=1S/C16H24BrFN2/c1-3-16(2,20-9-5-4-6-10-20)15(19)13-11-12(17)7-8-14(13)18/h7-8,11,15H,3-6,9-10,19H2,1-2H3. The Kier molecular flexibility index (Phi) is 5.21. The van der Waals surface area contributed by atoms with Crippen LogP contribution in [0.25, 0.3) is 0 Å². The van der Waals surface area contributed by atoms with Crippen molar-refractivity contribution in [3.63, 3.8) is 0 Å². The van der Waals surface area contributed by atoms with Gasteiger partial charge in [0.15, 0.2) is 0 Å². The highest BCUT2D eigenvalue weighted by Gasteiger charge is 2.38. The molecule has 1 aliphatic rings. The molecule has 0 spiro atoms. The predicted molar refractivity (Wildman–Crippen MR) is 85.1 cm³/mol. The highest BCUT2D eigenvalue weighted by atomic mass is 79.9.